The quantitative estimate of drug-likeness (QED) is 0.658. The van der Waals surface area contributed by atoms with Crippen LogP contribution in [0.4, 0.5) is 0 Å². The van der Waals surface area contributed by atoms with Crippen LogP contribution in [0.3, 0.4) is 0 Å². The Morgan fingerprint density at radius 3 is 2.31 bits per heavy atom. The highest BCUT2D eigenvalue weighted by atomic mass is 16.5. The van der Waals surface area contributed by atoms with E-state index in [-0.39, 0.29) is 23.9 Å². The van der Waals surface area contributed by atoms with Crippen molar-refractivity contribution in [3.63, 3.8) is 0 Å². The predicted molar refractivity (Wildman–Crippen MR) is 51.8 cm³/mol. The molecule has 1 unspecified atom stereocenters. The predicted octanol–water partition coefficient (Wildman–Crippen LogP) is 1.65. The summed E-state index contributed by atoms with van der Waals surface area (Å²) in [4.78, 5) is 11.4. The molecule has 78 valence electrons. The first kappa shape index (κ1) is 12.6. The topological polar surface area (TPSA) is 35.5 Å². The van der Waals surface area contributed by atoms with Crippen molar-refractivity contribution in [2.24, 2.45) is 5.41 Å². The van der Waals surface area contributed by atoms with Gasteiger partial charge in [-0.3, -0.25) is 4.79 Å². The molecule has 3 nitrogen and oxygen atoms in total. The Labute approximate surface area is 80.4 Å². The molecule has 0 radical (unpaired) electrons. The van der Waals surface area contributed by atoms with Crippen LogP contribution in [0.25, 0.3) is 0 Å². The Morgan fingerprint density at radius 1 is 1.38 bits per heavy atom. The first-order valence-electron chi connectivity index (χ1n) is 4.51. The van der Waals surface area contributed by atoms with E-state index in [2.05, 4.69) is 0 Å². The van der Waals surface area contributed by atoms with Crippen molar-refractivity contribution >= 4 is 5.78 Å². The maximum Gasteiger partial charge on any atom is 0.163 e. The van der Waals surface area contributed by atoms with Gasteiger partial charge in [0.2, 0.25) is 0 Å². The van der Waals surface area contributed by atoms with E-state index >= 15 is 0 Å². The summed E-state index contributed by atoms with van der Waals surface area (Å²) in [5.74, 6) is 0.121. The van der Waals surface area contributed by atoms with Crippen molar-refractivity contribution in [2.75, 3.05) is 20.3 Å². The molecule has 0 aliphatic carbocycles. The van der Waals surface area contributed by atoms with Gasteiger partial charge in [-0.15, -0.1) is 0 Å². The first-order chi connectivity index (χ1) is 5.88. The van der Waals surface area contributed by atoms with E-state index in [1.165, 1.54) is 0 Å². The number of carbonyl (C=O) groups excluding carboxylic acids is 1. The van der Waals surface area contributed by atoms with Crippen LogP contribution >= 0.6 is 0 Å². The van der Waals surface area contributed by atoms with E-state index in [0.29, 0.717) is 6.61 Å². The summed E-state index contributed by atoms with van der Waals surface area (Å²) < 4.78 is 10.2. The highest BCUT2D eigenvalue weighted by molar-refractivity contribution is 5.84. The molecule has 0 rings (SSSR count). The molecule has 0 aliphatic rings. The number of hydrogen-bond acceptors (Lipinski definition) is 3. The minimum atomic E-state index is -0.313. The van der Waals surface area contributed by atoms with Crippen LogP contribution in [0.1, 0.15) is 27.7 Å². The van der Waals surface area contributed by atoms with Crippen molar-refractivity contribution in [1.29, 1.82) is 0 Å². The summed E-state index contributed by atoms with van der Waals surface area (Å²) in [7, 11) is 1.62. The fourth-order valence-electron chi connectivity index (χ4n) is 0.717. The van der Waals surface area contributed by atoms with E-state index in [0.717, 1.165) is 0 Å². The molecule has 13 heavy (non-hydrogen) atoms. The molecule has 0 heterocycles. The summed E-state index contributed by atoms with van der Waals surface area (Å²) in [6.45, 7) is 8.25. The zero-order valence-electron chi connectivity index (χ0n) is 9.22. The molecular weight excluding hydrogens is 168 g/mol. The van der Waals surface area contributed by atoms with E-state index in [4.69, 9.17) is 9.47 Å². The average Bonchev–Trinajstić information content (AvgIpc) is 1.99. The van der Waals surface area contributed by atoms with Crippen molar-refractivity contribution < 1.29 is 14.3 Å². The van der Waals surface area contributed by atoms with Gasteiger partial charge in [-0.2, -0.15) is 0 Å². The second-order valence-electron chi connectivity index (χ2n) is 4.25. The van der Waals surface area contributed by atoms with Crippen molar-refractivity contribution in [2.45, 2.75) is 33.8 Å². The van der Waals surface area contributed by atoms with Gasteiger partial charge < -0.3 is 9.47 Å². The number of hydrogen-bond donors (Lipinski definition) is 0. The molecule has 0 amide bonds. The largest absolute Gasteiger partial charge is 0.382 e. The van der Waals surface area contributed by atoms with Gasteiger partial charge >= 0.3 is 0 Å². The summed E-state index contributed by atoms with van der Waals surface area (Å²) >= 11 is 0. The molecule has 1 atom stereocenters. The zero-order valence-corrected chi connectivity index (χ0v) is 9.22. The van der Waals surface area contributed by atoms with Crippen LogP contribution in [0, 0.1) is 5.41 Å². The molecule has 0 saturated carbocycles. The van der Waals surface area contributed by atoms with Crippen LogP contribution < -0.4 is 0 Å². The monoisotopic (exact) mass is 188 g/mol. The second kappa shape index (κ2) is 5.35. The lowest BCUT2D eigenvalue weighted by Crippen LogP contribution is -2.28. The Kier molecular flexibility index (Phi) is 5.18. The Balaban J connectivity index is 3.71. The zero-order chi connectivity index (χ0) is 10.5. The molecule has 0 fully saturated rings. The molecule has 0 saturated heterocycles. The normalized spacial score (nSPS) is 14.2. The van der Waals surface area contributed by atoms with Gasteiger partial charge in [0.05, 0.1) is 12.7 Å². The molecule has 0 N–H and O–H groups in total. The van der Waals surface area contributed by atoms with Crippen molar-refractivity contribution in [3.8, 4) is 0 Å². The molecule has 0 aromatic heterocycles. The second-order valence-corrected chi connectivity index (χ2v) is 4.25. The highest BCUT2D eigenvalue weighted by Crippen LogP contribution is 2.14. The number of Topliss-reactive ketones (excluding diaryl/α,β-unsaturated/α-hetero) is 1. The van der Waals surface area contributed by atoms with Gasteiger partial charge in [-0.25, -0.2) is 0 Å². The first-order valence-corrected chi connectivity index (χ1v) is 4.51. The third-order valence-electron chi connectivity index (χ3n) is 1.74. The maximum atomic E-state index is 11.4. The van der Waals surface area contributed by atoms with Gasteiger partial charge in [-0.1, -0.05) is 20.8 Å². The van der Waals surface area contributed by atoms with Crippen LogP contribution in [0.15, 0.2) is 0 Å². The number of ketones is 1. The highest BCUT2D eigenvalue weighted by Gasteiger charge is 2.21. The fraction of sp³-hybridized carbons (Fsp3) is 0.900. The maximum absolute atomic E-state index is 11.4. The molecule has 0 bridgehead atoms. The number of methoxy groups -OCH3 is 1. The summed E-state index contributed by atoms with van der Waals surface area (Å²) in [5.41, 5.74) is -0.313. The third kappa shape index (κ3) is 5.77. The summed E-state index contributed by atoms with van der Waals surface area (Å²) in [5, 5.41) is 0. The van der Waals surface area contributed by atoms with Gasteiger partial charge in [-0.05, 0) is 6.92 Å². The van der Waals surface area contributed by atoms with Crippen LogP contribution in [0.5, 0.6) is 0 Å². The Morgan fingerprint density at radius 2 is 1.92 bits per heavy atom. The van der Waals surface area contributed by atoms with Crippen LogP contribution in [-0.4, -0.2) is 32.2 Å². The van der Waals surface area contributed by atoms with Crippen LogP contribution in [0.2, 0.25) is 0 Å². The van der Waals surface area contributed by atoms with E-state index in [1.807, 2.05) is 27.7 Å². The number of ether oxygens (including phenoxy) is 2. The SMILES string of the molecule is COCC(C)OCC(=O)C(C)(C)C. The van der Waals surface area contributed by atoms with E-state index in [1.54, 1.807) is 7.11 Å². The smallest absolute Gasteiger partial charge is 0.163 e. The molecule has 0 aromatic carbocycles. The minimum Gasteiger partial charge on any atom is -0.382 e. The molecule has 0 spiro atoms. The summed E-state index contributed by atoms with van der Waals surface area (Å²) in [6, 6.07) is 0. The lowest BCUT2D eigenvalue weighted by molar-refractivity contribution is -0.133. The van der Waals surface area contributed by atoms with Crippen molar-refractivity contribution in [1.82, 2.24) is 0 Å². The van der Waals surface area contributed by atoms with E-state index in [9.17, 15) is 4.79 Å². The van der Waals surface area contributed by atoms with Gasteiger partial charge in [0.1, 0.15) is 6.61 Å². The Hall–Kier alpha value is -0.410. The lowest BCUT2D eigenvalue weighted by atomic mass is 9.91. The van der Waals surface area contributed by atoms with E-state index < -0.39 is 0 Å². The fourth-order valence-corrected chi connectivity index (χ4v) is 0.717. The lowest BCUT2D eigenvalue weighted by Gasteiger charge is -2.18. The molecular formula is C10H20O3. The molecule has 3 heteroatoms. The third-order valence-corrected chi connectivity index (χ3v) is 1.74. The minimum absolute atomic E-state index is 0.0173. The summed E-state index contributed by atoms with van der Waals surface area (Å²) in [6.07, 6.45) is -0.0173. The van der Waals surface area contributed by atoms with Crippen LogP contribution in [-0.2, 0) is 14.3 Å². The Bertz CT molecular complexity index is 158. The number of carbonyl (C=O) groups is 1. The van der Waals surface area contributed by atoms with Gasteiger partial charge in [0, 0.05) is 12.5 Å². The van der Waals surface area contributed by atoms with Crippen molar-refractivity contribution in [3.05, 3.63) is 0 Å². The van der Waals surface area contributed by atoms with Gasteiger partial charge in [0.25, 0.3) is 0 Å². The molecule has 0 aromatic rings. The van der Waals surface area contributed by atoms with Gasteiger partial charge in [0.15, 0.2) is 5.78 Å². The average molecular weight is 188 g/mol. The molecule has 0 aliphatic heterocycles. The standard InChI is InChI=1S/C10H20O3/c1-8(6-12-5)13-7-9(11)10(2,3)4/h8H,6-7H2,1-5H3. The number of rotatable bonds is 5.